The van der Waals surface area contributed by atoms with Crippen molar-refractivity contribution in [1.29, 1.82) is 0 Å². The summed E-state index contributed by atoms with van der Waals surface area (Å²) >= 11 is 0. The van der Waals surface area contributed by atoms with Crippen LogP contribution >= 0.6 is 0 Å². The zero-order chi connectivity index (χ0) is 40.2. The normalized spacial score (nSPS) is 29.4. The molecule has 0 aromatic heterocycles. The number of benzene rings is 5. The van der Waals surface area contributed by atoms with Crippen LogP contribution in [0.4, 0.5) is 0 Å². The van der Waals surface area contributed by atoms with Crippen molar-refractivity contribution in [2.45, 2.75) is 94.1 Å². The SMILES string of the molecule is CO[C@H]1O[C@@H]2COC(c3ccccc3)O[C@H]2[C@@H](O)[C@@H]1O[C@H]1O[C@H](COCc2ccccc2)[C@@H](OCc2ccccc2)[C@H](OCc2ccccc2)[C@@H]1OCc1ccccc1. The topological polar surface area (TPSA) is 113 Å². The Morgan fingerprint density at radius 1 is 0.525 bits per heavy atom. The van der Waals surface area contributed by atoms with Gasteiger partial charge in [0, 0.05) is 12.7 Å². The summed E-state index contributed by atoms with van der Waals surface area (Å²) in [4.78, 5) is 0. The zero-order valence-corrected chi connectivity index (χ0v) is 33.1. The van der Waals surface area contributed by atoms with Crippen molar-refractivity contribution < 1.29 is 52.5 Å². The van der Waals surface area contributed by atoms with Crippen LogP contribution in [0.25, 0.3) is 0 Å². The van der Waals surface area contributed by atoms with Crippen LogP contribution in [0, 0.1) is 0 Å². The molecule has 11 heteroatoms. The third kappa shape index (κ3) is 10.7. The number of hydrogen-bond donors (Lipinski definition) is 1. The smallest absolute Gasteiger partial charge is 0.187 e. The van der Waals surface area contributed by atoms with Gasteiger partial charge in [-0.15, -0.1) is 0 Å². The Morgan fingerprint density at radius 2 is 1.02 bits per heavy atom. The van der Waals surface area contributed by atoms with Gasteiger partial charge in [0.15, 0.2) is 18.9 Å². The Morgan fingerprint density at radius 3 is 1.56 bits per heavy atom. The van der Waals surface area contributed by atoms with Gasteiger partial charge in [-0.2, -0.15) is 0 Å². The van der Waals surface area contributed by atoms with E-state index in [-0.39, 0.29) is 33.0 Å². The van der Waals surface area contributed by atoms with Crippen molar-refractivity contribution in [3.63, 3.8) is 0 Å². The maximum Gasteiger partial charge on any atom is 0.187 e. The Kier molecular flexibility index (Phi) is 14.6. The molecular formula is C48H52O11. The van der Waals surface area contributed by atoms with Crippen LogP contribution in [0.2, 0.25) is 0 Å². The molecule has 1 N–H and O–H groups in total. The molecule has 310 valence electrons. The quantitative estimate of drug-likeness (QED) is 0.106. The summed E-state index contributed by atoms with van der Waals surface area (Å²) in [6.45, 7) is 1.47. The lowest BCUT2D eigenvalue weighted by molar-refractivity contribution is -0.396. The minimum Gasteiger partial charge on any atom is -0.387 e. The van der Waals surface area contributed by atoms with E-state index in [0.29, 0.717) is 6.61 Å². The molecule has 0 radical (unpaired) electrons. The first-order valence-electron chi connectivity index (χ1n) is 20.2. The van der Waals surface area contributed by atoms with Crippen molar-refractivity contribution >= 4 is 0 Å². The van der Waals surface area contributed by atoms with Crippen molar-refractivity contribution in [3.05, 3.63) is 179 Å². The minimum atomic E-state index is -1.20. The highest BCUT2D eigenvalue weighted by Gasteiger charge is 2.55. The van der Waals surface area contributed by atoms with E-state index in [2.05, 4.69) is 0 Å². The molecule has 11 atom stereocenters. The summed E-state index contributed by atoms with van der Waals surface area (Å²) in [7, 11) is 1.51. The Bertz CT molecular complexity index is 1940. The molecule has 0 aliphatic carbocycles. The highest BCUT2D eigenvalue weighted by Crippen LogP contribution is 2.38. The molecule has 3 aliphatic heterocycles. The highest BCUT2D eigenvalue weighted by molar-refractivity contribution is 5.18. The molecule has 1 unspecified atom stereocenters. The van der Waals surface area contributed by atoms with Gasteiger partial charge >= 0.3 is 0 Å². The molecule has 0 spiro atoms. The minimum absolute atomic E-state index is 0.145. The highest BCUT2D eigenvalue weighted by atomic mass is 16.8. The second kappa shape index (κ2) is 20.8. The third-order valence-corrected chi connectivity index (χ3v) is 10.7. The molecule has 11 nitrogen and oxygen atoms in total. The fourth-order valence-corrected chi connectivity index (χ4v) is 7.69. The van der Waals surface area contributed by atoms with E-state index in [0.717, 1.165) is 27.8 Å². The molecule has 8 rings (SSSR count). The molecule has 0 bridgehead atoms. The van der Waals surface area contributed by atoms with Gasteiger partial charge in [0.2, 0.25) is 0 Å². The standard InChI is InChI=1S/C48H52O11/c1-50-47-43(40(49)41-39(56-47)32-55-46(58-41)37-25-15-6-16-26-37)59-48-45(54-30-36-23-13-5-14-24-36)44(53-29-35-21-11-4-12-22-35)42(52-28-34-19-9-3-10-20-34)38(57-48)31-51-27-33-17-7-2-8-18-33/h2-26,38-49H,27-32H2,1H3/t38-,39-,40-,41-,42-,43+,44+,45+,46?,47+,48-/m1/s1. The largest absolute Gasteiger partial charge is 0.387 e. The summed E-state index contributed by atoms with van der Waals surface area (Å²) in [5, 5.41) is 12.1. The monoisotopic (exact) mass is 804 g/mol. The molecule has 3 saturated heterocycles. The number of fused-ring (bicyclic) bond motifs is 1. The van der Waals surface area contributed by atoms with E-state index < -0.39 is 67.7 Å². The van der Waals surface area contributed by atoms with Crippen LogP contribution in [-0.2, 0) is 73.8 Å². The van der Waals surface area contributed by atoms with E-state index in [4.69, 9.17) is 47.4 Å². The molecule has 5 aromatic rings. The van der Waals surface area contributed by atoms with Gasteiger partial charge in [0.1, 0.15) is 48.8 Å². The lowest BCUT2D eigenvalue weighted by Crippen LogP contribution is -2.66. The lowest BCUT2D eigenvalue weighted by atomic mass is 9.96. The predicted molar refractivity (Wildman–Crippen MR) is 216 cm³/mol. The second-order valence-electron chi connectivity index (χ2n) is 14.9. The number of ether oxygens (including phenoxy) is 10. The van der Waals surface area contributed by atoms with Crippen LogP contribution in [0.3, 0.4) is 0 Å². The van der Waals surface area contributed by atoms with Crippen molar-refractivity contribution in [2.24, 2.45) is 0 Å². The Balaban J connectivity index is 1.11. The van der Waals surface area contributed by atoms with Gasteiger partial charge in [-0.3, -0.25) is 0 Å². The van der Waals surface area contributed by atoms with E-state index in [1.807, 2.05) is 152 Å². The Labute approximate surface area is 345 Å². The van der Waals surface area contributed by atoms with Gasteiger partial charge in [0.25, 0.3) is 0 Å². The van der Waals surface area contributed by atoms with Crippen molar-refractivity contribution in [2.75, 3.05) is 20.3 Å². The average Bonchev–Trinajstić information content (AvgIpc) is 3.30. The molecule has 5 aromatic carbocycles. The number of rotatable bonds is 17. The maximum absolute atomic E-state index is 12.1. The van der Waals surface area contributed by atoms with Gasteiger partial charge in [-0.05, 0) is 22.3 Å². The first kappa shape index (κ1) is 41.4. The molecule has 0 saturated carbocycles. The number of aliphatic hydroxyl groups is 1. The van der Waals surface area contributed by atoms with Crippen molar-refractivity contribution in [3.8, 4) is 0 Å². The van der Waals surface area contributed by atoms with Crippen LogP contribution in [0.15, 0.2) is 152 Å². The third-order valence-electron chi connectivity index (χ3n) is 10.7. The van der Waals surface area contributed by atoms with E-state index >= 15 is 0 Å². The molecule has 3 fully saturated rings. The van der Waals surface area contributed by atoms with Crippen LogP contribution in [0.5, 0.6) is 0 Å². The van der Waals surface area contributed by atoms with E-state index in [9.17, 15) is 5.11 Å². The summed E-state index contributed by atoms with van der Waals surface area (Å²) < 4.78 is 65.2. The number of aliphatic hydroxyl groups excluding tert-OH is 1. The predicted octanol–water partition coefficient (Wildman–Crippen LogP) is 6.92. The summed E-state index contributed by atoms with van der Waals surface area (Å²) in [6, 6.07) is 49.3. The first-order chi connectivity index (χ1) is 29.1. The number of methoxy groups -OCH3 is 1. The molecule has 3 heterocycles. The lowest BCUT2D eigenvalue weighted by Gasteiger charge is -2.50. The molecule has 59 heavy (non-hydrogen) atoms. The second-order valence-corrected chi connectivity index (χ2v) is 14.9. The summed E-state index contributed by atoms with van der Waals surface area (Å²) in [6.07, 6.45) is -9.42. The zero-order valence-electron chi connectivity index (χ0n) is 33.1. The van der Waals surface area contributed by atoms with Crippen LogP contribution < -0.4 is 0 Å². The van der Waals surface area contributed by atoms with Crippen molar-refractivity contribution in [1.82, 2.24) is 0 Å². The molecular weight excluding hydrogens is 753 g/mol. The Hall–Kier alpha value is -4.34. The van der Waals surface area contributed by atoms with Gasteiger partial charge < -0.3 is 52.5 Å². The van der Waals surface area contributed by atoms with E-state index in [1.165, 1.54) is 7.11 Å². The van der Waals surface area contributed by atoms with Gasteiger partial charge in [0.05, 0.1) is 39.6 Å². The maximum atomic E-state index is 12.1. The first-order valence-corrected chi connectivity index (χ1v) is 20.2. The summed E-state index contributed by atoms with van der Waals surface area (Å²) in [5.41, 5.74) is 4.76. The fraction of sp³-hybridized carbons (Fsp3) is 0.375. The van der Waals surface area contributed by atoms with Gasteiger partial charge in [-0.25, -0.2) is 0 Å². The molecule has 3 aliphatic rings. The average molecular weight is 805 g/mol. The molecule has 0 amide bonds. The van der Waals surface area contributed by atoms with Crippen LogP contribution in [0.1, 0.15) is 34.1 Å². The fourth-order valence-electron chi connectivity index (χ4n) is 7.69. The van der Waals surface area contributed by atoms with E-state index in [1.54, 1.807) is 0 Å². The number of hydrogen-bond acceptors (Lipinski definition) is 11. The van der Waals surface area contributed by atoms with Crippen LogP contribution in [-0.4, -0.2) is 86.8 Å². The summed E-state index contributed by atoms with van der Waals surface area (Å²) in [5.74, 6) is 0. The van der Waals surface area contributed by atoms with Gasteiger partial charge in [-0.1, -0.05) is 152 Å².